The van der Waals surface area contributed by atoms with Gasteiger partial charge in [-0.1, -0.05) is 0 Å². The molecule has 0 saturated carbocycles. The van der Waals surface area contributed by atoms with Gasteiger partial charge in [0.2, 0.25) is 10.0 Å². The van der Waals surface area contributed by atoms with E-state index in [1.165, 1.54) is 4.31 Å². The van der Waals surface area contributed by atoms with Gasteiger partial charge >= 0.3 is 0 Å². The van der Waals surface area contributed by atoms with Gasteiger partial charge in [-0.2, -0.15) is 4.31 Å². The number of benzene rings is 1. The van der Waals surface area contributed by atoms with Crippen molar-refractivity contribution >= 4 is 10.0 Å². The molecule has 0 aromatic heterocycles. The molecule has 0 radical (unpaired) electrons. The van der Waals surface area contributed by atoms with Crippen molar-refractivity contribution in [2.45, 2.75) is 45.8 Å². The van der Waals surface area contributed by atoms with Crippen LogP contribution in [0.1, 0.15) is 44.4 Å². The summed E-state index contributed by atoms with van der Waals surface area (Å²) in [4.78, 5) is 0. The van der Waals surface area contributed by atoms with Crippen LogP contribution in [0.4, 0.5) is 0 Å². The van der Waals surface area contributed by atoms with Gasteiger partial charge in [-0.15, -0.1) is 0 Å². The number of aryl methyl sites for hydroxylation is 1. The molecule has 2 rings (SSSR count). The molecule has 1 heterocycles. The predicted octanol–water partition coefficient (Wildman–Crippen LogP) is 2.89. The first-order chi connectivity index (χ1) is 10.1. The highest BCUT2D eigenvalue weighted by Gasteiger charge is 2.39. The van der Waals surface area contributed by atoms with Crippen LogP contribution in [0.5, 0.6) is 11.5 Å². The van der Waals surface area contributed by atoms with Crippen molar-refractivity contribution in [2.24, 2.45) is 0 Å². The zero-order valence-electron chi connectivity index (χ0n) is 14.1. The second kappa shape index (κ2) is 5.74. The van der Waals surface area contributed by atoms with Gasteiger partial charge in [0.05, 0.1) is 18.9 Å². The van der Waals surface area contributed by atoms with E-state index in [-0.39, 0.29) is 11.8 Å². The third-order valence-corrected chi connectivity index (χ3v) is 6.06. The molecule has 6 heteroatoms. The lowest BCUT2D eigenvalue weighted by atomic mass is 9.89. The Labute approximate surface area is 133 Å². The molecular formula is C16H25NO4S. The summed E-state index contributed by atoms with van der Waals surface area (Å²) in [5, 5.41) is 0. The molecule has 0 aliphatic carbocycles. The summed E-state index contributed by atoms with van der Waals surface area (Å²) in [7, 11) is -0.00676. The van der Waals surface area contributed by atoms with Crippen LogP contribution in [0.25, 0.3) is 0 Å². The number of hydrogen-bond acceptors (Lipinski definition) is 4. The highest BCUT2D eigenvalue weighted by molar-refractivity contribution is 7.89. The first kappa shape index (κ1) is 17.1. The number of methoxy groups -OCH3 is 1. The van der Waals surface area contributed by atoms with Crippen molar-refractivity contribution in [3.8, 4) is 11.5 Å². The fraction of sp³-hybridized carbons (Fsp3) is 0.625. The second-order valence-electron chi connectivity index (χ2n) is 6.36. The van der Waals surface area contributed by atoms with Crippen LogP contribution < -0.4 is 9.47 Å². The first-order valence-electron chi connectivity index (χ1n) is 7.44. The molecule has 124 valence electrons. The van der Waals surface area contributed by atoms with Crippen LogP contribution in [-0.4, -0.2) is 38.2 Å². The van der Waals surface area contributed by atoms with Crippen molar-refractivity contribution in [2.75, 3.05) is 19.9 Å². The van der Waals surface area contributed by atoms with Gasteiger partial charge in [-0.3, -0.25) is 0 Å². The summed E-state index contributed by atoms with van der Waals surface area (Å²) in [6.07, 6.45) is 0.613. The lowest BCUT2D eigenvalue weighted by Gasteiger charge is -2.41. The van der Waals surface area contributed by atoms with Gasteiger partial charge in [0.25, 0.3) is 0 Å². The Hall–Kier alpha value is -1.27. The van der Waals surface area contributed by atoms with Crippen LogP contribution in [0.15, 0.2) is 12.1 Å². The van der Waals surface area contributed by atoms with Crippen molar-refractivity contribution < 1.29 is 17.9 Å². The summed E-state index contributed by atoms with van der Waals surface area (Å²) < 4.78 is 37.4. The van der Waals surface area contributed by atoms with Gasteiger partial charge in [0, 0.05) is 25.1 Å². The normalized spacial score (nSPS) is 20.4. The van der Waals surface area contributed by atoms with Crippen LogP contribution in [0.3, 0.4) is 0 Å². The van der Waals surface area contributed by atoms with E-state index < -0.39 is 15.6 Å². The molecule has 22 heavy (non-hydrogen) atoms. The van der Waals surface area contributed by atoms with Crippen molar-refractivity contribution in [1.82, 2.24) is 4.31 Å². The summed E-state index contributed by atoms with van der Waals surface area (Å²) in [5.41, 5.74) is 1.43. The topological polar surface area (TPSA) is 55.8 Å². The third kappa shape index (κ3) is 3.08. The number of hydrogen-bond donors (Lipinski definition) is 0. The fourth-order valence-electron chi connectivity index (χ4n) is 2.90. The minimum Gasteiger partial charge on any atom is -0.496 e. The zero-order chi connectivity index (χ0) is 16.7. The Morgan fingerprint density at radius 2 is 2.05 bits per heavy atom. The standard InChI is InChI=1S/C16H25NO4S/c1-7-22(18,19)17(5)13-10-16(3,4)21-15-9-14(20-6)11(2)8-12(13)15/h8-9,13H,7,10H2,1-6H3. The molecule has 1 atom stereocenters. The van der Waals surface area contributed by atoms with Crippen LogP contribution >= 0.6 is 0 Å². The van der Waals surface area contributed by atoms with Crippen LogP contribution in [0, 0.1) is 6.92 Å². The van der Waals surface area contributed by atoms with Gasteiger partial charge in [0.1, 0.15) is 17.1 Å². The van der Waals surface area contributed by atoms with E-state index in [2.05, 4.69) is 0 Å². The van der Waals surface area contributed by atoms with Gasteiger partial charge in [-0.25, -0.2) is 8.42 Å². The maximum absolute atomic E-state index is 12.3. The quantitative estimate of drug-likeness (QED) is 0.853. The molecule has 1 aliphatic heterocycles. The molecule has 0 saturated heterocycles. The molecule has 1 aliphatic rings. The first-order valence-corrected chi connectivity index (χ1v) is 9.05. The average molecular weight is 327 g/mol. The number of nitrogens with zero attached hydrogens (tertiary/aromatic N) is 1. The monoisotopic (exact) mass is 327 g/mol. The largest absolute Gasteiger partial charge is 0.496 e. The van der Waals surface area contributed by atoms with E-state index in [0.29, 0.717) is 12.2 Å². The van der Waals surface area contributed by atoms with Gasteiger partial charge < -0.3 is 9.47 Å². The van der Waals surface area contributed by atoms with Gasteiger partial charge in [-0.05, 0) is 39.3 Å². The Morgan fingerprint density at radius 3 is 2.59 bits per heavy atom. The van der Waals surface area contributed by atoms with Crippen LogP contribution in [0.2, 0.25) is 0 Å². The van der Waals surface area contributed by atoms with Crippen molar-refractivity contribution in [3.63, 3.8) is 0 Å². The second-order valence-corrected chi connectivity index (χ2v) is 8.68. The maximum atomic E-state index is 12.3. The minimum absolute atomic E-state index is 0.0890. The zero-order valence-corrected chi connectivity index (χ0v) is 15.0. The summed E-state index contributed by atoms with van der Waals surface area (Å²) >= 11 is 0. The highest BCUT2D eigenvalue weighted by atomic mass is 32.2. The Kier molecular flexibility index (Phi) is 4.46. The molecule has 0 spiro atoms. The van der Waals surface area contributed by atoms with Gasteiger partial charge in [0.15, 0.2) is 0 Å². The summed E-state index contributed by atoms with van der Waals surface area (Å²) in [6, 6.07) is 3.59. The molecule has 0 fully saturated rings. The number of rotatable bonds is 4. The molecule has 5 nitrogen and oxygen atoms in total. The number of fused-ring (bicyclic) bond motifs is 1. The van der Waals surface area contributed by atoms with E-state index in [4.69, 9.17) is 9.47 Å². The molecule has 1 aromatic carbocycles. The van der Waals surface area contributed by atoms with Crippen molar-refractivity contribution in [1.29, 1.82) is 0 Å². The van der Waals surface area contributed by atoms with Crippen molar-refractivity contribution in [3.05, 3.63) is 23.3 Å². The van der Waals surface area contributed by atoms with E-state index in [9.17, 15) is 8.42 Å². The SMILES string of the molecule is CCS(=O)(=O)N(C)C1CC(C)(C)Oc2cc(OC)c(C)cc21. The third-order valence-electron chi connectivity index (χ3n) is 4.20. The number of ether oxygens (including phenoxy) is 2. The average Bonchev–Trinajstić information content (AvgIpc) is 2.45. The lowest BCUT2D eigenvalue weighted by molar-refractivity contribution is 0.0538. The molecule has 1 aromatic rings. The van der Waals surface area contributed by atoms with Crippen LogP contribution in [-0.2, 0) is 10.0 Å². The number of sulfonamides is 1. The van der Waals surface area contributed by atoms with E-state index in [1.807, 2.05) is 32.9 Å². The molecular weight excluding hydrogens is 302 g/mol. The molecule has 0 N–H and O–H groups in total. The smallest absolute Gasteiger partial charge is 0.214 e. The molecule has 1 unspecified atom stereocenters. The molecule has 0 bridgehead atoms. The fourth-order valence-corrected chi connectivity index (χ4v) is 3.88. The summed E-state index contributed by atoms with van der Waals surface area (Å²) in [6.45, 7) is 7.56. The van der Waals surface area contributed by atoms with E-state index in [1.54, 1.807) is 21.1 Å². The maximum Gasteiger partial charge on any atom is 0.214 e. The van der Waals surface area contributed by atoms with E-state index in [0.717, 1.165) is 16.9 Å². The Bertz CT molecular complexity index is 667. The van der Waals surface area contributed by atoms with E-state index >= 15 is 0 Å². The predicted molar refractivity (Wildman–Crippen MR) is 87.0 cm³/mol. The Morgan fingerprint density at radius 1 is 1.41 bits per heavy atom. The Balaban J connectivity index is 2.56. The highest BCUT2D eigenvalue weighted by Crippen LogP contribution is 2.45. The lowest BCUT2D eigenvalue weighted by Crippen LogP contribution is -2.42. The minimum atomic E-state index is -3.27. The summed E-state index contributed by atoms with van der Waals surface area (Å²) in [5.74, 6) is 1.53. The molecule has 0 amide bonds.